The molecule has 5 heteroatoms. The predicted octanol–water partition coefficient (Wildman–Crippen LogP) is 0.167. The lowest BCUT2D eigenvalue weighted by Crippen LogP contribution is -2.17. The molecule has 0 saturated carbocycles. The number of hydrogen-bond acceptors (Lipinski definition) is 3. The molecule has 0 aliphatic rings. The fourth-order valence-corrected chi connectivity index (χ4v) is 0.994. The molecule has 0 aromatic carbocycles. The molecule has 1 heterocycles. The standard InChI is InChI=1S/C7H13N5/c1-2-3-12-7(4-6(8)9)10-5-11-12/h5H,2-4H2,1H3,(H3,8,9). The minimum atomic E-state index is 0.125. The second-order valence-electron chi connectivity index (χ2n) is 2.60. The van der Waals surface area contributed by atoms with E-state index in [1.165, 1.54) is 6.33 Å². The summed E-state index contributed by atoms with van der Waals surface area (Å²) in [6.07, 6.45) is 2.89. The van der Waals surface area contributed by atoms with Gasteiger partial charge in [0.25, 0.3) is 0 Å². The maximum absolute atomic E-state index is 7.10. The van der Waals surface area contributed by atoms with Gasteiger partial charge in [0.15, 0.2) is 0 Å². The highest BCUT2D eigenvalue weighted by Crippen LogP contribution is 1.96. The lowest BCUT2D eigenvalue weighted by molar-refractivity contribution is 0.579. The maximum Gasteiger partial charge on any atom is 0.138 e. The molecule has 3 N–H and O–H groups in total. The highest BCUT2D eigenvalue weighted by Gasteiger charge is 2.03. The molecular formula is C7H13N5. The molecule has 0 aliphatic heterocycles. The molecule has 0 saturated heterocycles. The normalized spacial score (nSPS) is 10.1. The zero-order valence-corrected chi connectivity index (χ0v) is 7.12. The summed E-state index contributed by atoms with van der Waals surface area (Å²) in [6, 6.07) is 0. The van der Waals surface area contributed by atoms with Gasteiger partial charge >= 0.3 is 0 Å². The van der Waals surface area contributed by atoms with Crippen LogP contribution in [-0.2, 0) is 13.0 Å². The van der Waals surface area contributed by atoms with Crippen LogP contribution in [-0.4, -0.2) is 20.6 Å². The van der Waals surface area contributed by atoms with Crippen molar-refractivity contribution in [2.45, 2.75) is 26.3 Å². The Balaban J connectivity index is 2.69. The van der Waals surface area contributed by atoms with Crippen LogP contribution in [0.15, 0.2) is 6.33 Å². The Kier molecular flexibility index (Phi) is 2.79. The fraction of sp³-hybridized carbons (Fsp3) is 0.571. The Labute approximate surface area is 71.1 Å². The molecule has 5 nitrogen and oxygen atoms in total. The van der Waals surface area contributed by atoms with E-state index in [9.17, 15) is 0 Å². The fourth-order valence-electron chi connectivity index (χ4n) is 0.994. The first kappa shape index (κ1) is 8.70. The van der Waals surface area contributed by atoms with Crippen LogP contribution in [0.4, 0.5) is 0 Å². The van der Waals surface area contributed by atoms with Gasteiger partial charge in [-0.15, -0.1) is 0 Å². The summed E-state index contributed by atoms with van der Waals surface area (Å²) in [4.78, 5) is 4.01. The first-order valence-electron chi connectivity index (χ1n) is 3.93. The molecule has 0 aliphatic carbocycles. The smallest absolute Gasteiger partial charge is 0.138 e. The van der Waals surface area contributed by atoms with E-state index >= 15 is 0 Å². The van der Waals surface area contributed by atoms with Gasteiger partial charge in [0.05, 0.1) is 12.3 Å². The lowest BCUT2D eigenvalue weighted by Gasteiger charge is -2.01. The summed E-state index contributed by atoms with van der Waals surface area (Å²) in [5.74, 6) is 0.893. The summed E-state index contributed by atoms with van der Waals surface area (Å²) < 4.78 is 1.78. The average molecular weight is 167 g/mol. The molecule has 0 spiro atoms. The number of nitrogens with zero attached hydrogens (tertiary/aromatic N) is 3. The van der Waals surface area contributed by atoms with Crippen LogP contribution in [0.1, 0.15) is 19.2 Å². The van der Waals surface area contributed by atoms with Crippen molar-refractivity contribution in [3.8, 4) is 0 Å². The monoisotopic (exact) mass is 167 g/mol. The second-order valence-corrected chi connectivity index (χ2v) is 2.60. The molecule has 1 rings (SSSR count). The Morgan fingerprint density at radius 1 is 1.75 bits per heavy atom. The third-order valence-corrected chi connectivity index (χ3v) is 1.48. The second kappa shape index (κ2) is 3.85. The highest BCUT2D eigenvalue weighted by molar-refractivity contribution is 5.78. The van der Waals surface area contributed by atoms with E-state index in [1.807, 2.05) is 0 Å². The summed E-state index contributed by atoms with van der Waals surface area (Å²) in [5.41, 5.74) is 5.25. The van der Waals surface area contributed by atoms with Crippen LogP contribution in [0.25, 0.3) is 0 Å². The van der Waals surface area contributed by atoms with Crippen LogP contribution in [0, 0.1) is 5.41 Å². The van der Waals surface area contributed by atoms with Crippen molar-refractivity contribution in [3.63, 3.8) is 0 Å². The van der Waals surface area contributed by atoms with E-state index < -0.39 is 0 Å². The summed E-state index contributed by atoms with van der Waals surface area (Å²) in [5, 5.41) is 11.1. The van der Waals surface area contributed by atoms with Crippen molar-refractivity contribution < 1.29 is 0 Å². The van der Waals surface area contributed by atoms with Crippen LogP contribution >= 0.6 is 0 Å². The van der Waals surface area contributed by atoms with Crippen molar-refractivity contribution in [3.05, 3.63) is 12.2 Å². The Morgan fingerprint density at radius 3 is 3.08 bits per heavy atom. The molecule has 1 aromatic rings. The third-order valence-electron chi connectivity index (χ3n) is 1.48. The number of amidine groups is 1. The number of aryl methyl sites for hydroxylation is 1. The average Bonchev–Trinajstić information content (AvgIpc) is 2.37. The van der Waals surface area contributed by atoms with Crippen molar-refractivity contribution in [2.24, 2.45) is 5.73 Å². The number of hydrogen-bond donors (Lipinski definition) is 2. The first-order valence-corrected chi connectivity index (χ1v) is 3.93. The van der Waals surface area contributed by atoms with Gasteiger partial charge < -0.3 is 5.73 Å². The van der Waals surface area contributed by atoms with Gasteiger partial charge in [-0.1, -0.05) is 6.92 Å². The molecule has 0 unspecified atom stereocenters. The highest BCUT2D eigenvalue weighted by atomic mass is 15.3. The number of nitrogens with one attached hydrogen (secondary N) is 1. The quantitative estimate of drug-likeness (QED) is 0.495. The largest absolute Gasteiger partial charge is 0.387 e. The third kappa shape index (κ3) is 2.05. The van der Waals surface area contributed by atoms with Crippen LogP contribution in [0.2, 0.25) is 0 Å². The molecule has 0 bridgehead atoms. The SMILES string of the molecule is CCCn1ncnc1CC(=N)N. The minimum Gasteiger partial charge on any atom is -0.387 e. The molecule has 0 amide bonds. The zero-order chi connectivity index (χ0) is 8.97. The van der Waals surface area contributed by atoms with Gasteiger partial charge in [0.1, 0.15) is 12.2 Å². The Bertz CT molecular complexity index is 265. The molecule has 66 valence electrons. The summed E-state index contributed by atoms with van der Waals surface area (Å²) >= 11 is 0. The van der Waals surface area contributed by atoms with E-state index in [2.05, 4.69) is 17.0 Å². The summed E-state index contributed by atoms with van der Waals surface area (Å²) in [6.45, 7) is 2.90. The van der Waals surface area contributed by atoms with Gasteiger partial charge in [-0.2, -0.15) is 5.10 Å². The van der Waals surface area contributed by atoms with Crippen molar-refractivity contribution in [1.82, 2.24) is 14.8 Å². The van der Waals surface area contributed by atoms with Gasteiger partial charge in [0, 0.05) is 6.54 Å². The van der Waals surface area contributed by atoms with Gasteiger partial charge in [-0.3, -0.25) is 5.41 Å². The van der Waals surface area contributed by atoms with E-state index in [4.69, 9.17) is 11.1 Å². The molecule has 0 atom stereocenters. The van der Waals surface area contributed by atoms with E-state index in [-0.39, 0.29) is 5.84 Å². The van der Waals surface area contributed by atoms with Gasteiger partial charge in [-0.25, -0.2) is 9.67 Å². The predicted molar refractivity (Wildman–Crippen MR) is 45.9 cm³/mol. The minimum absolute atomic E-state index is 0.125. The van der Waals surface area contributed by atoms with Crippen LogP contribution in [0.5, 0.6) is 0 Å². The first-order chi connectivity index (χ1) is 5.74. The maximum atomic E-state index is 7.10. The molecule has 0 radical (unpaired) electrons. The van der Waals surface area contributed by atoms with E-state index in [0.717, 1.165) is 18.8 Å². The van der Waals surface area contributed by atoms with E-state index in [1.54, 1.807) is 4.68 Å². The zero-order valence-electron chi connectivity index (χ0n) is 7.12. The molecule has 1 aromatic heterocycles. The molecular weight excluding hydrogens is 154 g/mol. The topological polar surface area (TPSA) is 80.6 Å². The Morgan fingerprint density at radius 2 is 2.50 bits per heavy atom. The van der Waals surface area contributed by atoms with Crippen molar-refractivity contribution >= 4 is 5.84 Å². The molecule has 12 heavy (non-hydrogen) atoms. The molecule has 0 fully saturated rings. The number of rotatable bonds is 4. The lowest BCUT2D eigenvalue weighted by atomic mass is 10.3. The van der Waals surface area contributed by atoms with Crippen molar-refractivity contribution in [2.75, 3.05) is 0 Å². The number of aromatic nitrogens is 3. The number of nitrogens with two attached hydrogens (primary N) is 1. The van der Waals surface area contributed by atoms with Gasteiger partial charge in [-0.05, 0) is 6.42 Å². The van der Waals surface area contributed by atoms with Crippen LogP contribution in [0.3, 0.4) is 0 Å². The van der Waals surface area contributed by atoms with Gasteiger partial charge in [0.2, 0.25) is 0 Å². The van der Waals surface area contributed by atoms with Crippen LogP contribution < -0.4 is 5.73 Å². The summed E-state index contributed by atoms with van der Waals surface area (Å²) in [7, 11) is 0. The van der Waals surface area contributed by atoms with Crippen molar-refractivity contribution in [1.29, 1.82) is 5.41 Å². The van der Waals surface area contributed by atoms with E-state index in [0.29, 0.717) is 6.42 Å². The Hall–Kier alpha value is -1.39.